The molecule has 1 aromatic heterocycles. The maximum Gasteiger partial charge on any atom is 0.329 e. The van der Waals surface area contributed by atoms with Gasteiger partial charge in [-0.05, 0) is 12.8 Å². The summed E-state index contributed by atoms with van der Waals surface area (Å²) in [6.45, 7) is 0. The van der Waals surface area contributed by atoms with E-state index in [0.717, 1.165) is 25.7 Å². The molecule has 0 unspecified atom stereocenters. The molecule has 2 rings (SSSR count). The molecule has 0 aliphatic heterocycles. The van der Waals surface area contributed by atoms with Crippen molar-refractivity contribution in [3.63, 3.8) is 0 Å². The van der Waals surface area contributed by atoms with E-state index in [0.29, 0.717) is 18.5 Å². The normalized spacial score (nSPS) is 18.3. The Bertz CT molecular complexity index is 436. The SMILES string of the molecule is O=C(Nc1cn[nH]c1)NC1(C(=O)O)CCCCCC1. The van der Waals surface area contributed by atoms with Crippen molar-refractivity contribution in [3.8, 4) is 0 Å². The third kappa shape index (κ3) is 3.24. The zero-order valence-corrected chi connectivity index (χ0v) is 10.6. The average molecular weight is 266 g/mol. The number of nitrogens with zero attached hydrogens (tertiary/aromatic N) is 1. The molecule has 0 spiro atoms. The second-order valence-corrected chi connectivity index (χ2v) is 4.87. The molecular formula is C12H18N4O3. The predicted octanol–water partition coefficient (Wildman–Crippen LogP) is 1.71. The van der Waals surface area contributed by atoms with E-state index >= 15 is 0 Å². The number of carbonyl (C=O) groups is 2. The van der Waals surface area contributed by atoms with Crippen LogP contribution in [0.3, 0.4) is 0 Å². The van der Waals surface area contributed by atoms with Gasteiger partial charge in [0.1, 0.15) is 5.54 Å². The molecule has 0 bridgehead atoms. The van der Waals surface area contributed by atoms with E-state index in [-0.39, 0.29) is 0 Å². The summed E-state index contributed by atoms with van der Waals surface area (Å²) in [5.41, 5.74) is -0.642. The molecule has 1 saturated carbocycles. The maximum atomic E-state index is 11.9. The fourth-order valence-corrected chi connectivity index (χ4v) is 2.42. The van der Waals surface area contributed by atoms with Crippen LogP contribution in [0.15, 0.2) is 12.4 Å². The van der Waals surface area contributed by atoms with Crippen molar-refractivity contribution in [1.82, 2.24) is 15.5 Å². The Morgan fingerprint density at radius 3 is 2.47 bits per heavy atom. The first kappa shape index (κ1) is 13.4. The Hall–Kier alpha value is -2.05. The third-order valence-electron chi connectivity index (χ3n) is 3.48. The number of H-pyrrole nitrogens is 1. The van der Waals surface area contributed by atoms with Crippen molar-refractivity contribution in [2.24, 2.45) is 0 Å². The molecule has 1 aliphatic carbocycles. The van der Waals surface area contributed by atoms with E-state index in [1.807, 2.05) is 0 Å². The number of hydrogen-bond acceptors (Lipinski definition) is 3. The molecule has 0 radical (unpaired) electrons. The number of carboxylic acid groups (broad SMARTS) is 1. The molecule has 0 aromatic carbocycles. The summed E-state index contributed by atoms with van der Waals surface area (Å²) in [5, 5.41) is 20.9. The van der Waals surface area contributed by atoms with Crippen LogP contribution < -0.4 is 10.6 Å². The number of aromatic amines is 1. The second-order valence-electron chi connectivity index (χ2n) is 4.87. The highest BCUT2D eigenvalue weighted by Gasteiger charge is 2.40. The number of carboxylic acids is 1. The van der Waals surface area contributed by atoms with Gasteiger partial charge in [-0.15, -0.1) is 0 Å². The van der Waals surface area contributed by atoms with Gasteiger partial charge in [-0.3, -0.25) is 5.10 Å². The van der Waals surface area contributed by atoms with E-state index in [9.17, 15) is 14.7 Å². The molecule has 2 amide bonds. The number of amides is 2. The highest BCUT2D eigenvalue weighted by molar-refractivity contribution is 5.93. The lowest BCUT2D eigenvalue weighted by molar-refractivity contribution is -0.145. The number of carbonyl (C=O) groups excluding carboxylic acids is 1. The quantitative estimate of drug-likeness (QED) is 0.624. The van der Waals surface area contributed by atoms with Gasteiger partial charge in [0.2, 0.25) is 0 Å². The van der Waals surface area contributed by atoms with Gasteiger partial charge in [0.15, 0.2) is 0 Å². The lowest BCUT2D eigenvalue weighted by atomic mass is 9.90. The summed E-state index contributed by atoms with van der Waals surface area (Å²) in [4.78, 5) is 23.4. The van der Waals surface area contributed by atoms with Gasteiger partial charge in [0.25, 0.3) is 0 Å². The summed E-state index contributed by atoms with van der Waals surface area (Å²) in [7, 11) is 0. The fraction of sp³-hybridized carbons (Fsp3) is 0.583. The molecule has 0 atom stereocenters. The zero-order chi connectivity index (χ0) is 13.7. The second kappa shape index (κ2) is 5.73. The first-order valence-electron chi connectivity index (χ1n) is 6.44. The number of urea groups is 1. The van der Waals surface area contributed by atoms with Gasteiger partial charge in [-0.2, -0.15) is 5.10 Å². The van der Waals surface area contributed by atoms with Gasteiger partial charge in [0.05, 0.1) is 11.9 Å². The molecule has 7 nitrogen and oxygen atoms in total. The van der Waals surface area contributed by atoms with E-state index in [4.69, 9.17) is 0 Å². The van der Waals surface area contributed by atoms with Crippen LogP contribution in [0.2, 0.25) is 0 Å². The lowest BCUT2D eigenvalue weighted by Crippen LogP contribution is -2.55. The molecular weight excluding hydrogens is 248 g/mol. The van der Waals surface area contributed by atoms with Crippen molar-refractivity contribution < 1.29 is 14.7 Å². The van der Waals surface area contributed by atoms with Crippen molar-refractivity contribution in [2.75, 3.05) is 5.32 Å². The van der Waals surface area contributed by atoms with Crippen LogP contribution in [0.25, 0.3) is 0 Å². The standard InChI is InChI=1S/C12H18N4O3/c17-10(18)12(5-3-1-2-4-6-12)16-11(19)15-9-7-13-14-8-9/h7-8H,1-6H2,(H,13,14)(H,17,18)(H2,15,16,19). The van der Waals surface area contributed by atoms with Crippen LogP contribution in [-0.2, 0) is 4.79 Å². The maximum absolute atomic E-state index is 11.9. The third-order valence-corrected chi connectivity index (χ3v) is 3.48. The van der Waals surface area contributed by atoms with Gasteiger partial charge >= 0.3 is 12.0 Å². The molecule has 104 valence electrons. The predicted molar refractivity (Wildman–Crippen MR) is 68.8 cm³/mol. The molecule has 1 aliphatic rings. The van der Waals surface area contributed by atoms with E-state index in [1.54, 1.807) is 0 Å². The van der Waals surface area contributed by atoms with Crippen LogP contribution in [0.4, 0.5) is 10.5 Å². The van der Waals surface area contributed by atoms with E-state index in [2.05, 4.69) is 20.8 Å². The van der Waals surface area contributed by atoms with Crippen molar-refractivity contribution >= 4 is 17.7 Å². The van der Waals surface area contributed by atoms with Crippen molar-refractivity contribution in [2.45, 2.75) is 44.1 Å². The van der Waals surface area contributed by atoms with Crippen LogP contribution in [0.1, 0.15) is 38.5 Å². The average Bonchev–Trinajstić information content (AvgIpc) is 2.73. The Kier molecular flexibility index (Phi) is 4.03. The Balaban J connectivity index is 2.03. The van der Waals surface area contributed by atoms with Crippen LogP contribution in [0, 0.1) is 0 Å². The zero-order valence-electron chi connectivity index (χ0n) is 10.6. The monoisotopic (exact) mass is 266 g/mol. The van der Waals surface area contributed by atoms with Crippen molar-refractivity contribution in [3.05, 3.63) is 12.4 Å². The molecule has 1 fully saturated rings. The summed E-state index contributed by atoms with van der Waals surface area (Å²) >= 11 is 0. The summed E-state index contributed by atoms with van der Waals surface area (Å²) in [5.74, 6) is -0.961. The van der Waals surface area contributed by atoms with Gasteiger partial charge in [0, 0.05) is 6.20 Å². The molecule has 1 heterocycles. The minimum atomic E-state index is -1.15. The number of rotatable bonds is 3. The summed E-state index contributed by atoms with van der Waals surface area (Å²) < 4.78 is 0. The number of anilines is 1. The molecule has 19 heavy (non-hydrogen) atoms. The molecule has 0 saturated heterocycles. The van der Waals surface area contributed by atoms with Crippen LogP contribution in [0.5, 0.6) is 0 Å². The topological polar surface area (TPSA) is 107 Å². The van der Waals surface area contributed by atoms with Gasteiger partial charge in [-0.25, -0.2) is 9.59 Å². The first-order valence-corrected chi connectivity index (χ1v) is 6.44. The molecule has 1 aromatic rings. The summed E-state index contributed by atoms with van der Waals surface area (Å²) in [6.07, 6.45) is 7.60. The minimum absolute atomic E-state index is 0.473. The summed E-state index contributed by atoms with van der Waals surface area (Å²) in [6, 6.07) is -0.509. The van der Waals surface area contributed by atoms with Gasteiger partial charge in [-0.1, -0.05) is 25.7 Å². The Morgan fingerprint density at radius 2 is 1.95 bits per heavy atom. The van der Waals surface area contributed by atoms with Crippen LogP contribution in [-0.4, -0.2) is 32.8 Å². The van der Waals surface area contributed by atoms with Gasteiger partial charge < -0.3 is 15.7 Å². The van der Waals surface area contributed by atoms with Crippen molar-refractivity contribution in [1.29, 1.82) is 0 Å². The largest absolute Gasteiger partial charge is 0.480 e. The minimum Gasteiger partial charge on any atom is -0.480 e. The lowest BCUT2D eigenvalue weighted by Gasteiger charge is -2.29. The first-order chi connectivity index (χ1) is 9.12. The number of nitrogens with one attached hydrogen (secondary N) is 3. The Labute approximate surface area is 110 Å². The number of hydrogen-bond donors (Lipinski definition) is 4. The smallest absolute Gasteiger partial charge is 0.329 e. The van der Waals surface area contributed by atoms with E-state index < -0.39 is 17.5 Å². The number of aliphatic carboxylic acids is 1. The van der Waals surface area contributed by atoms with E-state index in [1.165, 1.54) is 12.4 Å². The number of aromatic nitrogens is 2. The van der Waals surface area contributed by atoms with Crippen LogP contribution >= 0.6 is 0 Å². The Morgan fingerprint density at radius 1 is 1.26 bits per heavy atom. The fourth-order valence-electron chi connectivity index (χ4n) is 2.42. The molecule has 7 heteroatoms. The highest BCUT2D eigenvalue weighted by Crippen LogP contribution is 2.27. The molecule has 4 N–H and O–H groups in total. The highest BCUT2D eigenvalue weighted by atomic mass is 16.4.